The van der Waals surface area contributed by atoms with E-state index in [-0.39, 0.29) is 0 Å². The fourth-order valence-corrected chi connectivity index (χ4v) is 3.14. The first-order valence-corrected chi connectivity index (χ1v) is 7.75. The van der Waals surface area contributed by atoms with Crippen LogP contribution in [0.5, 0.6) is 0 Å². The van der Waals surface area contributed by atoms with Gasteiger partial charge in [-0.25, -0.2) is 0 Å². The maximum atomic E-state index is 5.89. The van der Waals surface area contributed by atoms with Gasteiger partial charge in [0.2, 0.25) is 0 Å². The van der Waals surface area contributed by atoms with Gasteiger partial charge in [0.1, 0.15) is 24.3 Å². The molecule has 0 atom stereocenters. The molecule has 0 bridgehead atoms. The van der Waals surface area contributed by atoms with Crippen molar-refractivity contribution in [3.05, 3.63) is 54.6 Å². The van der Waals surface area contributed by atoms with Gasteiger partial charge in [-0.05, 0) is 24.3 Å². The van der Waals surface area contributed by atoms with Crippen molar-refractivity contribution in [3.63, 3.8) is 0 Å². The number of anilines is 1. The Balaban J connectivity index is 1.54. The summed E-state index contributed by atoms with van der Waals surface area (Å²) >= 11 is 0. The molecule has 0 N–H and O–H groups in total. The summed E-state index contributed by atoms with van der Waals surface area (Å²) < 4.78 is 6.86. The Morgan fingerprint density at radius 3 is 2.36 bits per heavy atom. The van der Waals surface area contributed by atoms with E-state index in [0.29, 0.717) is 0 Å². The zero-order chi connectivity index (χ0) is 15.0. The third-order valence-corrected chi connectivity index (χ3v) is 4.66. The van der Waals surface area contributed by atoms with Gasteiger partial charge in [0.25, 0.3) is 6.01 Å². The van der Waals surface area contributed by atoms with Gasteiger partial charge in [0.15, 0.2) is 5.58 Å². The van der Waals surface area contributed by atoms with E-state index in [4.69, 9.17) is 4.42 Å². The van der Waals surface area contributed by atoms with E-state index in [9.17, 15) is 0 Å². The van der Waals surface area contributed by atoms with Gasteiger partial charge < -0.3 is 9.32 Å². The molecule has 0 aliphatic carbocycles. The van der Waals surface area contributed by atoms with Crippen LogP contribution >= 0.6 is 0 Å². The van der Waals surface area contributed by atoms with Gasteiger partial charge >= 0.3 is 0 Å². The van der Waals surface area contributed by atoms with Gasteiger partial charge in [0, 0.05) is 0 Å². The highest BCUT2D eigenvalue weighted by molar-refractivity contribution is 5.74. The topological polar surface area (TPSA) is 29.3 Å². The lowest BCUT2D eigenvalue weighted by molar-refractivity contribution is 0.302. The van der Waals surface area contributed by atoms with E-state index in [1.807, 2.05) is 24.3 Å². The van der Waals surface area contributed by atoms with Crippen LogP contribution in [0.25, 0.3) is 11.1 Å². The molecule has 4 nitrogen and oxygen atoms in total. The highest BCUT2D eigenvalue weighted by atomic mass is 16.4. The molecule has 2 aromatic carbocycles. The highest BCUT2D eigenvalue weighted by Gasteiger charge is 2.32. The van der Waals surface area contributed by atoms with E-state index < -0.39 is 0 Å². The van der Waals surface area contributed by atoms with Crippen molar-refractivity contribution in [1.29, 1.82) is 0 Å². The summed E-state index contributed by atoms with van der Waals surface area (Å²) in [6.07, 6.45) is 0. The lowest BCUT2D eigenvalue weighted by Crippen LogP contribution is -2.58. The number of piperazine rings is 1. The van der Waals surface area contributed by atoms with Gasteiger partial charge in [-0.3, -0.25) is 4.48 Å². The number of hydrogen-bond acceptors (Lipinski definition) is 3. The molecular formula is C18H20N3O+. The zero-order valence-electron chi connectivity index (χ0n) is 12.8. The van der Waals surface area contributed by atoms with Gasteiger partial charge in [-0.15, -0.1) is 0 Å². The van der Waals surface area contributed by atoms with Crippen molar-refractivity contribution in [1.82, 2.24) is 9.47 Å². The predicted molar refractivity (Wildman–Crippen MR) is 90.1 cm³/mol. The average Bonchev–Trinajstić information content (AvgIpc) is 3.00. The lowest BCUT2D eigenvalue weighted by atomic mass is 10.2. The van der Waals surface area contributed by atoms with E-state index in [0.717, 1.165) is 47.8 Å². The molecule has 4 heteroatoms. The Kier molecular flexibility index (Phi) is 3.12. The third kappa shape index (κ3) is 2.25. The number of fused-ring (bicyclic) bond motifs is 1. The minimum absolute atomic E-state index is 0.750. The molecule has 112 valence electrons. The van der Waals surface area contributed by atoms with E-state index in [1.54, 1.807) is 0 Å². The molecule has 1 aliphatic heterocycles. The summed E-state index contributed by atoms with van der Waals surface area (Å²) in [6, 6.07) is 19.4. The summed E-state index contributed by atoms with van der Waals surface area (Å²) in [7, 11) is 2.30. The maximum Gasteiger partial charge on any atom is 0.298 e. The molecular weight excluding hydrogens is 274 g/mol. The van der Waals surface area contributed by atoms with E-state index in [2.05, 4.69) is 47.3 Å². The smallest absolute Gasteiger partial charge is 0.298 e. The van der Waals surface area contributed by atoms with Crippen molar-refractivity contribution in [2.45, 2.75) is 0 Å². The maximum absolute atomic E-state index is 5.89. The number of hydrogen-bond donors (Lipinski definition) is 0. The second-order valence-corrected chi connectivity index (χ2v) is 6.13. The summed E-state index contributed by atoms with van der Waals surface area (Å²) in [4.78, 5) is 6.86. The molecule has 22 heavy (non-hydrogen) atoms. The molecule has 4 rings (SSSR count). The molecule has 0 unspecified atom stereocenters. The molecule has 0 radical (unpaired) electrons. The van der Waals surface area contributed by atoms with Crippen LogP contribution in [0, 0.1) is 0 Å². The Morgan fingerprint density at radius 2 is 1.64 bits per heavy atom. The van der Waals surface area contributed by atoms with Crippen molar-refractivity contribution in [2.24, 2.45) is 0 Å². The summed E-state index contributed by atoms with van der Waals surface area (Å²) in [5.41, 5.74) is 3.17. The summed E-state index contributed by atoms with van der Waals surface area (Å²) in [5.74, 6) is 0. The fraction of sp³-hybridized carbons (Fsp3) is 0.278. The zero-order valence-corrected chi connectivity index (χ0v) is 12.8. The first kappa shape index (κ1) is 13.3. The first-order chi connectivity index (χ1) is 10.7. The van der Waals surface area contributed by atoms with Crippen molar-refractivity contribution in [2.75, 3.05) is 38.1 Å². The van der Waals surface area contributed by atoms with Crippen molar-refractivity contribution >= 4 is 22.8 Å². The Morgan fingerprint density at radius 1 is 0.955 bits per heavy atom. The van der Waals surface area contributed by atoms with E-state index >= 15 is 0 Å². The van der Waals surface area contributed by atoms with Crippen LogP contribution in [-0.4, -0.2) is 38.2 Å². The van der Waals surface area contributed by atoms with Crippen LogP contribution in [0.4, 0.5) is 11.7 Å². The van der Waals surface area contributed by atoms with Gasteiger partial charge in [0.05, 0.1) is 20.1 Å². The number of para-hydroxylation sites is 3. The van der Waals surface area contributed by atoms with Crippen molar-refractivity contribution in [3.8, 4) is 0 Å². The number of quaternary nitrogens is 1. The summed E-state index contributed by atoms with van der Waals surface area (Å²) in [6.45, 7) is 4.03. The van der Waals surface area contributed by atoms with Crippen LogP contribution in [-0.2, 0) is 0 Å². The second kappa shape index (κ2) is 5.14. The standard InChI is InChI=1S/C18H20N3O/c1-21(15-7-3-2-4-8-15)13-11-20(12-14-21)18-19-16-9-5-6-10-17(16)22-18/h2-10H,11-14H2,1H3/q+1. The summed E-state index contributed by atoms with van der Waals surface area (Å²) in [5, 5.41) is 0. The monoisotopic (exact) mass is 294 g/mol. The number of benzene rings is 2. The fourth-order valence-electron chi connectivity index (χ4n) is 3.14. The van der Waals surface area contributed by atoms with Gasteiger partial charge in [-0.1, -0.05) is 30.3 Å². The van der Waals surface area contributed by atoms with Crippen LogP contribution in [0.2, 0.25) is 0 Å². The minimum Gasteiger partial charge on any atom is -0.423 e. The molecule has 0 amide bonds. The average molecular weight is 294 g/mol. The number of aromatic nitrogens is 1. The molecule has 0 spiro atoms. The van der Waals surface area contributed by atoms with Gasteiger partial charge in [-0.2, -0.15) is 4.98 Å². The van der Waals surface area contributed by atoms with Crippen molar-refractivity contribution < 1.29 is 4.42 Å². The Bertz CT molecular complexity index is 740. The van der Waals surface area contributed by atoms with Crippen LogP contribution in [0.15, 0.2) is 59.0 Å². The molecule has 1 aromatic heterocycles. The molecule has 0 saturated carbocycles. The third-order valence-electron chi connectivity index (χ3n) is 4.66. The van der Waals surface area contributed by atoms with Crippen LogP contribution in [0.1, 0.15) is 0 Å². The second-order valence-electron chi connectivity index (χ2n) is 6.13. The normalized spacial score (nSPS) is 17.8. The quantitative estimate of drug-likeness (QED) is 0.679. The number of oxazole rings is 1. The first-order valence-electron chi connectivity index (χ1n) is 7.75. The molecule has 1 aliphatic rings. The Hall–Kier alpha value is -2.33. The molecule has 1 fully saturated rings. The molecule has 2 heterocycles. The predicted octanol–water partition coefficient (Wildman–Crippen LogP) is 3.29. The van der Waals surface area contributed by atoms with Crippen LogP contribution in [0.3, 0.4) is 0 Å². The Labute approximate surface area is 130 Å². The molecule has 1 saturated heterocycles. The largest absolute Gasteiger partial charge is 0.423 e. The minimum atomic E-state index is 0.750. The highest BCUT2D eigenvalue weighted by Crippen LogP contribution is 2.27. The number of rotatable bonds is 2. The van der Waals surface area contributed by atoms with Crippen LogP contribution < -0.4 is 9.38 Å². The molecule has 3 aromatic rings. The van der Waals surface area contributed by atoms with E-state index in [1.165, 1.54) is 5.69 Å². The lowest BCUT2D eigenvalue weighted by Gasteiger charge is -2.41. The number of likely N-dealkylation sites (N-methyl/N-ethyl adjacent to an activating group) is 1. The SMILES string of the molecule is C[N+]1(c2ccccc2)CCN(c2nc3ccccc3o2)CC1. The number of nitrogens with zero attached hydrogens (tertiary/aromatic N) is 3.